The number of aliphatic carboxylic acids is 1. The highest BCUT2D eigenvalue weighted by molar-refractivity contribution is 5.91. The molecule has 0 heterocycles. The van der Waals surface area contributed by atoms with E-state index in [9.17, 15) is 19.8 Å². The van der Waals surface area contributed by atoms with E-state index in [0.717, 1.165) is 25.7 Å². The zero-order valence-electron chi connectivity index (χ0n) is 16.7. The number of hydrogen-bond acceptors (Lipinski definition) is 4. The highest BCUT2D eigenvalue weighted by Gasteiger charge is 2.69. The smallest absolute Gasteiger partial charge is 0.336 e. The molecule has 0 spiro atoms. The molecule has 4 rings (SSSR count). The Morgan fingerprint density at radius 1 is 1.26 bits per heavy atom. The van der Waals surface area contributed by atoms with Crippen LogP contribution in [0.4, 0.5) is 0 Å². The summed E-state index contributed by atoms with van der Waals surface area (Å²) >= 11 is 0. The number of ether oxygens (including phenoxy) is 1. The molecule has 0 saturated heterocycles. The molecular weight excluding hydrogens is 344 g/mol. The molecule has 0 aromatic rings. The van der Waals surface area contributed by atoms with Crippen molar-refractivity contribution < 1.29 is 24.5 Å². The number of rotatable bonds is 3. The molecule has 3 fully saturated rings. The van der Waals surface area contributed by atoms with Crippen LogP contribution in [0.1, 0.15) is 65.7 Å². The zero-order chi connectivity index (χ0) is 19.6. The van der Waals surface area contributed by atoms with E-state index in [4.69, 9.17) is 4.74 Å². The predicted octanol–water partition coefficient (Wildman–Crippen LogP) is 3.35. The maximum atomic E-state index is 12.3. The molecule has 0 bridgehead atoms. The van der Waals surface area contributed by atoms with Crippen molar-refractivity contribution in [1.82, 2.24) is 0 Å². The summed E-state index contributed by atoms with van der Waals surface area (Å²) in [7, 11) is 0. The number of carboxylic acids is 1. The van der Waals surface area contributed by atoms with Gasteiger partial charge < -0.3 is 14.9 Å². The highest BCUT2D eigenvalue weighted by Crippen LogP contribution is 2.68. The van der Waals surface area contributed by atoms with Crippen LogP contribution in [-0.4, -0.2) is 40.3 Å². The average molecular weight is 376 g/mol. The van der Waals surface area contributed by atoms with Crippen LogP contribution >= 0.6 is 0 Å². The van der Waals surface area contributed by atoms with Crippen LogP contribution in [0.15, 0.2) is 11.6 Å². The summed E-state index contributed by atoms with van der Waals surface area (Å²) in [6, 6.07) is 0. The summed E-state index contributed by atoms with van der Waals surface area (Å²) < 4.78 is 5.93. The lowest BCUT2D eigenvalue weighted by molar-refractivity contribution is -0.207. The lowest BCUT2D eigenvalue weighted by atomic mass is 9.45. The monoisotopic (exact) mass is 376 g/mol. The number of carbonyl (C=O) groups is 2. The topological polar surface area (TPSA) is 83.8 Å². The first-order valence-electron chi connectivity index (χ1n) is 10.5. The van der Waals surface area contributed by atoms with Crippen molar-refractivity contribution in [3.63, 3.8) is 0 Å². The van der Waals surface area contributed by atoms with Gasteiger partial charge in [-0.2, -0.15) is 0 Å². The Morgan fingerprint density at radius 3 is 2.67 bits per heavy atom. The fourth-order valence-corrected chi connectivity index (χ4v) is 7.57. The van der Waals surface area contributed by atoms with E-state index >= 15 is 0 Å². The first-order chi connectivity index (χ1) is 12.7. The molecule has 150 valence electrons. The lowest BCUT2D eigenvalue weighted by Gasteiger charge is -2.60. The number of aliphatic hydroxyl groups is 1. The van der Waals surface area contributed by atoms with Gasteiger partial charge in [0.15, 0.2) is 11.4 Å². The number of aliphatic hydroxyl groups excluding tert-OH is 1. The van der Waals surface area contributed by atoms with E-state index in [1.807, 2.05) is 19.9 Å². The second-order valence-electron chi connectivity index (χ2n) is 9.68. The standard InChI is InChI=1S/C22H32O5/c1-4-27-22(19(25)26)10-8-16-15-6-5-13-11-14(23)7-9-20(13,2)18(15)17(24)12-21(16,22)3/h11,15-18,24H,4-10,12H2,1-3H3,(H,25,26)/t15-,16-,17?,18-,20-,21-,22?/m0/s1. The van der Waals surface area contributed by atoms with Crippen molar-refractivity contribution in [1.29, 1.82) is 0 Å². The summed E-state index contributed by atoms with van der Waals surface area (Å²) in [6.07, 6.45) is 6.25. The molecule has 2 unspecified atom stereocenters. The van der Waals surface area contributed by atoms with Crippen LogP contribution in [0.3, 0.4) is 0 Å². The van der Waals surface area contributed by atoms with Gasteiger partial charge in [0.05, 0.1) is 6.10 Å². The SMILES string of the molecule is CCOC1(C(=O)O)CC[C@H]2[C@@H]3CCC4=CC(=O)CC[C@]4(C)[C@@H]3C(O)C[C@@]21C. The third-order valence-corrected chi connectivity index (χ3v) is 8.75. The minimum Gasteiger partial charge on any atom is -0.479 e. The molecule has 5 heteroatoms. The molecule has 7 atom stereocenters. The zero-order valence-corrected chi connectivity index (χ0v) is 16.7. The molecule has 0 radical (unpaired) electrons. The summed E-state index contributed by atoms with van der Waals surface area (Å²) in [5.41, 5.74) is -0.692. The number of hydrogen-bond donors (Lipinski definition) is 2. The van der Waals surface area contributed by atoms with Crippen molar-refractivity contribution in [3.05, 3.63) is 11.6 Å². The Bertz CT molecular complexity index is 699. The van der Waals surface area contributed by atoms with Gasteiger partial charge in [0.2, 0.25) is 0 Å². The van der Waals surface area contributed by atoms with Gasteiger partial charge in [-0.1, -0.05) is 19.4 Å². The van der Waals surface area contributed by atoms with E-state index in [1.54, 1.807) is 0 Å². The van der Waals surface area contributed by atoms with Gasteiger partial charge >= 0.3 is 5.97 Å². The highest BCUT2D eigenvalue weighted by atomic mass is 16.5. The first kappa shape index (κ1) is 19.1. The summed E-state index contributed by atoms with van der Waals surface area (Å²) in [5, 5.41) is 21.4. The quantitative estimate of drug-likeness (QED) is 0.789. The summed E-state index contributed by atoms with van der Waals surface area (Å²) in [4.78, 5) is 24.3. The van der Waals surface area contributed by atoms with E-state index in [1.165, 1.54) is 5.57 Å². The minimum absolute atomic E-state index is 0.106. The van der Waals surface area contributed by atoms with Gasteiger partial charge in [-0.05, 0) is 74.7 Å². The van der Waals surface area contributed by atoms with Crippen LogP contribution in [-0.2, 0) is 14.3 Å². The van der Waals surface area contributed by atoms with E-state index in [2.05, 4.69) is 6.92 Å². The fourth-order valence-electron chi connectivity index (χ4n) is 7.57. The molecule has 0 aromatic heterocycles. The molecule has 2 N–H and O–H groups in total. The predicted molar refractivity (Wildman–Crippen MR) is 100 cm³/mol. The number of allylic oxidation sites excluding steroid dienone is 1. The van der Waals surface area contributed by atoms with E-state index < -0.39 is 23.1 Å². The van der Waals surface area contributed by atoms with Gasteiger partial charge in [-0.3, -0.25) is 4.79 Å². The maximum absolute atomic E-state index is 12.3. The van der Waals surface area contributed by atoms with Crippen molar-refractivity contribution in [3.8, 4) is 0 Å². The van der Waals surface area contributed by atoms with Gasteiger partial charge in [0.25, 0.3) is 0 Å². The largest absolute Gasteiger partial charge is 0.479 e. The van der Waals surface area contributed by atoms with Crippen molar-refractivity contribution in [2.45, 2.75) is 77.4 Å². The third kappa shape index (κ3) is 2.37. The Hall–Kier alpha value is -1.20. The van der Waals surface area contributed by atoms with Crippen LogP contribution < -0.4 is 0 Å². The number of ketones is 1. The Balaban J connectivity index is 1.75. The summed E-state index contributed by atoms with van der Waals surface area (Å²) in [6.45, 7) is 6.47. The first-order valence-corrected chi connectivity index (χ1v) is 10.5. The second-order valence-corrected chi connectivity index (χ2v) is 9.68. The molecule has 0 aromatic carbocycles. The average Bonchev–Trinajstić information content (AvgIpc) is 2.89. The minimum atomic E-state index is -1.20. The molecule has 5 nitrogen and oxygen atoms in total. The molecular formula is C22H32O5. The van der Waals surface area contributed by atoms with E-state index in [0.29, 0.717) is 25.9 Å². The second kappa shape index (κ2) is 6.15. The molecule has 4 aliphatic rings. The van der Waals surface area contributed by atoms with E-state index in [-0.39, 0.29) is 29.0 Å². The van der Waals surface area contributed by atoms with Crippen LogP contribution in [0.2, 0.25) is 0 Å². The molecule has 0 aliphatic heterocycles. The van der Waals surface area contributed by atoms with Crippen LogP contribution in [0.25, 0.3) is 0 Å². The molecule has 0 amide bonds. The normalized spacial score (nSPS) is 49.0. The molecule has 4 aliphatic carbocycles. The van der Waals surface area contributed by atoms with Gasteiger partial charge in [0, 0.05) is 18.4 Å². The maximum Gasteiger partial charge on any atom is 0.336 e. The number of carbonyl (C=O) groups excluding carboxylic acids is 1. The molecule has 27 heavy (non-hydrogen) atoms. The van der Waals surface area contributed by atoms with Crippen LogP contribution in [0, 0.1) is 28.6 Å². The molecule has 3 saturated carbocycles. The lowest BCUT2D eigenvalue weighted by Crippen LogP contribution is -2.62. The van der Waals surface area contributed by atoms with Crippen molar-refractivity contribution in [2.24, 2.45) is 28.6 Å². The number of carboxylic acid groups (broad SMARTS) is 1. The Kier molecular flexibility index (Phi) is 4.36. The third-order valence-electron chi connectivity index (χ3n) is 8.75. The number of fused-ring (bicyclic) bond motifs is 5. The van der Waals surface area contributed by atoms with Crippen LogP contribution in [0.5, 0.6) is 0 Å². The summed E-state index contributed by atoms with van der Waals surface area (Å²) in [5.74, 6) is -0.0423. The van der Waals surface area contributed by atoms with Gasteiger partial charge in [-0.25, -0.2) is 4.79 Å². The van der Waals surface area contributed by atoms with Gasteiger partial charge in [0.1, 0.15) is 0 Å². The fraction of sp³-hybridized carbons (Fsp3) is 0.818. The van der Waals surface area contributed by atoms with Crippen molar-refractivity contribution in [2.75, 3.05) is 6.61 Å². The Morgan fingerprint density at radius 2 is 2.00 bits per heavy atom. The Labute approximate surface area is 161 Å². The van der Waals surface area contributed by atoms with Gasteiger partial charge in [-0.15, -0.1) is 0 Å². The van der Waals surface area contributed by atoms with Crippen molar-refractivity contribution >= 4 is 11.8 Å².